The zero-order valence-corrected chi connectivity index (χ0v) is 67.7. The highest BCUT2D eigenvalue weighted by Crippen LogP contribution is 2.47. The first-order valence-corrected chi connectivity index (χ1v) is 40.7. The van der Waals surface area contributed by atoms with E-state index >= 15 is 0 Å². The predicted molar refractivity (Wildman–Crippen MR) is 465 cm³/mol. The Hall–Kier alpha value is -14.8. The number of methoxy groups -OCH3 is 2. The highest BCUT2D eigenvalue weighted by molar-refractivity contribution is 6.18. The zero-order valence-electron chi connectivity index (χ0n) is 67.7. The molecule has 0 unspecified atom stereocenters. The number of carboxylic acid groups (broad SMARTS) is 1. The van der Waals surface area contributed by atoms with Crippen LogP contribution in [-0.2, 0) is 76.1 Å². The molecule has 124 heavy (non-hydrogen) atoms. The van der Waals surface area contributed by atoms with E-state index in [1.807, 2.05) is 194 Å². The van der Waals surface area contributed by atoms with Crippen LogP contribution in [0, 0.1) is 13.8 Å². The number of aryl methyl sites for hydroxylation is 2. The molecule has 1 fully saturated rings. The molecule has 0 spiro atoms. The molecule has 0 aliphatic carbocycles. The van der Waals surface area contributed by atoms with Crippen molar-refractivity contribution in [2.45, 2.75) is 136 Å². The van der Waals surface area contributed by atoms with Crippen LogP contribution in [0.2, 0.25) is 0 Å². The first kappa shape index (κ1) is 81.6. The van der Waals surface area contributed by atoms with Gasteiger partial charge in [-0.15, -0.1) is 5.06 Å². The van der Waals surface area contributed by atoms with Gasteiger partial charge in [0, 0.05) is 117 Å². The van der Waals surface area contributed by atoms with Gasteiger partial charge in [0.25, 0.3) is 35.4 Å². The summed E-state index contributed by atoms with van der Waals surface area (Å²) in [6.07, 6.45) is 10.6. The Labute approximate surface area is 714 Å². The van der Waals surface area contributed by atoms with E-state index in [2.05, 4.69) is 0 Å². The van der Waals surface area contributed by atoms with Crippen LogP contribution in [0.25, 0.3) is 0 Å². The molecule has 4 atom stereocenters. The van der Waals surface area contributed by atoms with E-state index in [9.17, 15) is 38.4 Å². The van der Waals surface area contributed by atoms with Crippen molar-refractivity contribution < 1.29 is 86.2 Å². The Bertz CT molecular complexity index is 6140. The predicted octanol–water partition coefficient (Wildman–Crippen LogP) is 16.1. The standard InChI is InChI=1S/C50H43N5O10.C46H40N4O8.CH4/c1-29-16-37-39(51-25-34-20-32-8-3-5-10-41(32)53(34)49(37)59)23-43(29)63-27-30-17-31(19-36(18-30)62-15-7-12-48(58)65-55-46(56)13-14-47(55)57)28-64-45-24-40-38(22-44(45)61-2)50(60)54-35(26-52-40)21-33-9-4-6-11-42(33)54;1-27-14-35-37(47-23-32-18-30-8-3-5-10-39(30)49(32)45(35)53)21-41(27)57-25-28-15-29(17-34(16-28)56-13-7-12-44(51)52)26-58-43-22-38-36(20-42(43)55-2)46(54)50-33(24-48-38)19-31-9-4-6-11-40(31)50;/h3-6,8-11,16-19,22-26,34-35H,7,12-15,20-21,27-28H2,1-2H3;3-6,8-11,14-17,20-24,32-33H,7,12-13,18-19,25-26H2,1-2H3,(H,51,52);1H4/t34-,35-;32-,33-;/m00./s1. The highest BCUT2D eigenvalue weighted by Gasteiger charge is 2.42. The smallest absolute Gasteiger partial charge is 0.333 e. The maximum absolute atomic E-state index is 14.0. The number of rotatable bonds is 25. The highest BCUT2D eigenvalue weighted by atomic mass is 16.7. The quantitative estimate of drug-likeness (QED) is 0.0410. The minimum absolute atomic E-state index is 0. The van der Waals surface area contributed by atoms with Gasteiger partial charge in [-0.05, 0) is 167 Å². The first-order valence-electron chi connectivity index (χ1n) is 40.7. The normalized spacial score (nSPS) is 17.2. The minimum atomic E-state index is -0.891. The lowest BCUT2D eigenvalue weighted by Crippen LogP contribution is -2.37. The van der Waals surface area contributed by atoms with Crippen LogP contribution in [0.3, 0.4) is 0 Å². The second-order valence-corrected chi connectivity index (χ2v) is 31.2. The minimum Gasteiger partial charge on any atom is -0.494 e. The fourth-order valence-corrected chi connectivity index (χ4v) is 17.0. The first-order chi connectivity index (χ1) is 59.8. The Morgan fingerprint density at radius 2 is 0.685 bits per heavy atom. The van der Waals surface area contributed by atoms with E-state index in [1.165, 1.54) is 14.2 Å². The molecule has 9 aliphatic rings. The maximum atomic E-state index is 14.0. The largest absolute Gasteiger partial charge is 0.494 e. The molecule has 1 saturated heterocycles. The molecule has 19 rings (SSSR count). The summed E-state index contributed by atoms with van der Waals surface area (Å²) in [5.74, 6) is 0.483. The summed E-state index contributed by atoms with van der Waals surface area (Å²) in [6, 6.07) is 56.1. The van der Waals surface area contributed by atoms with Crippen LogP contribution >= 0.6 is 0 Å². The summed E-state index contributed by atoms with van der Waals surface area (Å²) in [6.45, 7) is 4.59. The summed E-state index contributed by atoms with van der Waals surface area (Å²) < 4.78 is 49.1. The summed E-state index contributed by atoms with van der Waals surface area (Å²) >= 11 is 0. The molecule has 6 amide bonds. The maximum Gasteiger partial charge on any atom is 0.333 e. The molecular formula is C97H87N9O18. The summed E-state index contributed by atoms with van der Waals surface area (Å²) in [5.41, 5.74) is 16.4. The van der Waals surface area contributed by atoms with Crippen molar-refractivity contribution in [2.24, 2.45) is 20.0 Å². The number of amides is 6. The van der Waals surface area contributed by atoms with E-state index in [1.54, 1.807) is 46.3 Å². The monoisotopic (exact) mass is 1670 g/mol. The molecule has 628 valence electrons. The van der Waals surface area contributed by atoms with Gasteiger partial charge in [-0.3, -0.25) is 73.1 Å². The number of aliphatic carboxylic acids is 1. The van der Waals surface area contributed by atoms with Crippen LogP contribution in [0.1, 0.15) is 143 Å². The number of anilines is 4. The second-order valence-electron chi connectivity index (χ2n) is 31.2. The van der Waals surface area contributed by atoms with E-state index in [-0.39, 0.29) is 127 Å². The van der Waals surface area contributed by atoms with Gasteiger partial charge >= 0.3 is 11.9 Å². The number of ether oxygens (including phenoxy) is 8. The van der Waals surface area contributed by atoms with Crippen molar-refractivity contribution in [3.63, 3.8) is 0 Å². The third-order valence-electron chi connectivity index (χ3n) is 23.0. The van der Waals surface area contributed by atoms with Crippen LogP contribution in [0.15, 0.2) is 202 Å². The second kappa shape index (κ2) is 34.8. The van der Waals surface area contributed by atoms with Crippen LogP contribution in [0.4, 0.5) is 45.5 Å². The summed E-state index contributed by atoms with van der Waals surface area (Å²) in [7, 11) is 3.05. The Morgan fingerprint density at radius 1 is 0.379 bits per heavy atom. The van der Waals surface area contributed by atoms with Crippen molar-refractivity contribution in [1.82, 2.24) is 5.06 Å². The van der Waals surface area contributed by atoms with Crippen molar-refractivity contribution in [3.8, 4) is 46.0 Å². The molecule has 1 N–H and O–H groups in total. The molecule has 0 bridgehead atoms. The number of aliphatic imine (C=N–C) groups is 4. The van der Waals surface area contributed by atoms with Crippen LogP contribution in [-0.4, -0.2) is 134 Å². The number of carbonyl (C=O) groups is 8. The molecule has 9 heterocycles. The van der Waals surface area contributed by atoms with Gasteiger partial charge in [-0.25, -0.2) is 4.79 Å². The van der Waals surface area contributed by atoms with E-state index in [4.69, 9.17) is 67.8 Å². The fraction of sp³-hybridized carbons (Fsp3) is 0.258. The lowest BCUT2D eigenvalue weighted by Gasteiger charge is -2.22. The number of para-hydroxylation sites is 4. The number of imide groups is 1. The molecule has 0 saturated carbocycles. The van der Waals surface area contributed by atoms with E-state index in [0.717, 1.165) is 78.4 Å². The third-order valence-corrected chi connectivity index (χ3v) is 23.0. The van der Waals surface area contributed by atoms with Gasteiger partial charge in [0.15, 0.2) is 23.0 Å². The third kappa shape index (κ3) is 16.3. The molecule has 9 aliphatic heterocycles. The average Bonchev–Trinajstić information content (AvgIpc) is 1.62. The van der Waals surface area contributed by atoms with Gasteiger partial charge in [0.05, 0.1) is 103 Å². The lowest BCUT2D eigenvalue weighted by atomic mass is 10.1. The number of carbonyl (C=O) groups excluding carboxylic acids is 7. The Balaban J connectivity index is 0.000000175. The lowest BCUT2D eigenvalue weighted by molar-refractivity contribution is -0.197. The topological polar surface area (TPSA) is 305 Å². The van der Waals surface area contributed by atoms with Gasteiger partial charge in [-0.1, -0.05) is 80.2 Å². The molecular weight excluding hydrogens is 1580 g/mol. The van der Waals surface area contributed by atoms with Gasteiger partial charge in [-0.2, -0.15) is 0 Å². The number of hydrogen-bond donors (Lipinski definition) is 1. The van der Waals surface area contributed by atoms with Crippen molar-refractivity contribution >= 4 is 118 Å². The van der Waals surface area contributed by atoms with Gasteiger partial charge < -0.3 is 47.8 Å². The van der Waals surface area contributed by atoms with Crippen molar-refractivity contribution in [3.05, 3.63) is 260 Å². The number of fused-ring (bicyclic) bond motifs is 16. The van der Waals surface area contributed by atoms with Crippen LogP contribution < -0.4 is 57.5 Å². The van der Waals surface area contributed by atoms with Crippen molar-refractivity contribution in [1.29, 1.82) is 0 Å². The number of hydrogen-bond acceptors (Lipinski definition) is 21. The van der Waals surface area contributed by atoms with E-state index < -0.39 is 23.8 Å². The van der Waals surface area contributed by atoms with Gasteiger partial charge in [0.1, 0.15) is 49.4 Å². The molecule has 0 aromatic heterocycles. The van der Waals surface area contributed by atoms with E-state index in [0.29, 0.717) is 128 Å². The molecule has 27 nitrogen and oxygen atoms in total. The average molecular weight is 1670 g/mol. The SMILES string of the molecule is C.COc1cc2c(cc1OCc1cc(COc3cc4c(cc3C)C(=O)N3c5ccccc5C[C@H]3C=N4)cc(OCCCC(=O)O)c1)N=C[C@@H]1Cc3ccccc3N1C2=O.COc1cc2c(cc1OCc1cc(COc3cc4c(cc3C)C(=O)N3c5ccccc5C[C@H]3C=N4)cc(OCCCC(=O)ON3C(=O)CCC3=O)c1)N=C[C@@H]1Cc3ccccc3N1C2=O. The van der Waals surface area contributed by atoms with Crippen molar-refractivity contribution in [2.75, 3.05) is 47.0 Å². The molecule has 10 aromatic carbocycles. The zero-order chi connectivity index (χ0) is 84.7. The Kier molecular flexibility index (Phi) is 22.9. The molecule has 10 aromatic rings. The molecule has 0 radical (unpaired) electrons. The van der Waals surface area contributed by atoms with Crippen LogP contribution in [0.5, 0.6) is 46.0 Å². The molecule has 27 heteroatoms. The summed E-state index contributed by atoms with van der Waals surface area (Å²) in [5, 5.41) is 9.66. The number of benzene rings is 10. The summed E-state index contributed by atoms with van der Waals surface area (Å²) in [4.78, 5) is 134. The number of carboxylic acids is 1. The number of hydroxylamine groups is 2. The fourth-order valence-electron chi connectivity index (χ4n) is 17.0. The number of nitrogens with zero attached hydrogens (tertiary/aromatic N) is 9. The van der Waals surface area contributed by atoms with Gasteiger partial charge in [0.2, 0.25) is 0 Å². The Morgan fingerprint density at radius 3 is 1.02 bits per heavy atom.